The number of aliphatic hydroxyl groups is 1. The lowest BCUT2D eigenvalue weighted by Gasteiger charge is -2.34. The average molecular weight is 274 g/mol. The SMILES string of the molecule is C=CCN(CC=C)S(=O)(=O)N1CCCC(CO)C1. The molecule has 0 aromatic rings. The summed E-state index contributed by atoms with van der Waals surface area (Å²) in [5.41, 5.74) is 0. The molecule has 18 heavy (non-hydrogen) atoms. The predicted molar refractivity (Wildman–Crippen MR) is 72.3 cm³/mol. The molecule has 0 radical (unpaired) electrons. The number of hydrogen-bond acceptors (Lipinski definition) is 3. The Hall–Kier alpha value is -0.690. The summed E-state index contributed by atoms with van der Waals surface area (Å²) in [6.45, 7) is 8.64. The Morgan fingerprint density at radius 2 is 1.94 bits per heavy atom. The number of nitrogens with zero attached hydrogens (tertiary/aromatic N) is 2. The van der Waals surface area contributed by atoms with Crippen LogP contribution in [0.15, 0.2) is 25.3 Å². The number of hydrogen-bond donors (Lipinski definition) is 1. The molecule has 1 N–H and O–H groups in total. The topological polar surface area (TPSA) is 60.9 Å². The van der Waals surface area contributed by atoms with Crippen molar-refractivity contribution in [3.8, 4) is 0 Å². The van der Waals surface area contributed by atoms with E-state index in [4.69, 9.17) is 5.11 Å². The van der Waals surface area contributed by atoms with Crippen molar-refractivity contribution in [1.29, 1.82) is 0 Å². The average Bonchev–Trinajstić information content (AvgIpc) is 2.38. The highest BCUT2D eigenvalue weighted by Crippen LogP contribution is 2.20. The number of aliphatic hydroxyl groups excluding tert-OH is 1. The van der Waals surface area contributed by atoms with E-state index in [0.29, 0.717) is 13.1 Å². The van der Waals surface area contributed by atoms with Crippen LogP contribution in [0.5, 0.6) is 0 Å². The van der Waals surface area contributed by atoms with Gasteiger partial charge in [-0.25, -0.2) is 0 Å². The summed E-state index contributed by atoms with van der Waals surface area (Å²) in [5.74, 6) is 0.0443. The zero-order valence-electron chi connectivity index (χ0n) is 10.7. The van der Waals surface area contributed by atoms with Gasteiger partial charge in [-0.1, -0.05) is 12.2 Å². The molecule has 0 saturated carbocycles. The minimum absolute atomic E-state index is 0.0366. The van der Waals surface area contributed by atoms with Crippen LogP contribution in [0.25, 0.3) is 0 Å². The second-order valence-electron chi connectivity index (χ2n) is 4.45. The molecule has 0 aromatic carbocycles. The molecule has 1 atom stereocenters. The fraction of sp³-hybridized carbons (Fsp3) is 0.667. The van der Waals surface area contributed by atoms with E-state index < -0.39 is 10.2 Å². The van der Waals surface area contributed by atoms with Gasteiger partial charge in [0.15, 0.2) is 0 Å². The molecule has 5 nitrogen and oxygen atoms in total. The molecule has 1 fully saturated rings. The molecule has 0 spiro atoms. The molecule has 1 saturated heterocycles. The van der Waals surface area contributed by atoms with Crippen molar-refractivity contribution < 1.29 is 13.5 Å². The first kappa shape index (κ1) is 15.4. The summed E-state index contributed by atoms with van der Waals surface area (Å²) >= 11 is 0. The Kier molecular flexibility index (Phi) is 6.01. The molecule has 1 aliphatic heterocycles. The maximum absolute atomic E-state index is 12.4. The van der Waals surface area contributed by atoms with Crippen LogP contribution >= 0.6 is 0 Å². The fourth-order valence-electron chi connectivity index (χ4n) is 2.10. The van der Waals surface area contributed by atoms with Crippen LogP contribution in [0, 0.1) is 5.92 Å². The molecule has 0 aliphatic carbocycles. The number of piperidine rings is 1. The monoisotopic (exact) mass is 274 g/mol. The molecule has 6 heteroatoms. The smallest absolute Gasteiger partial charge is 0.282 e. The van der Waals surface area contributed by atoms with Crippen LogP contribution in [0.3, 0.4) is 0 Å². The van der Waals surface area contributed by atoms with E-state index >= 15 is 0 Å². The van der Waals surface area contributed by atoms with Gasteiger partial charge in [-0.2, -0.15) is 17.0 Å². The van der Waals surface area contributed by atoms with Gasteiger partial charge in [0.1, 0.15) is 0 Å². The van der Waals surface area contributed by atoms with Crippen molar-refractivity contribution in [3.05, 3.63) is 25.3 Å². The van der Waals surface area contributed by atoms with E-state index in [1.54, 1.807) is 12.2 Å². The van der Waals surface area contributed by atoms with Gasteiger partial charge >= 0.3 is 0 Å². The molecule has 0 bridgehead atoms. The maximum atomic E-state index is 12.4. The summed E-state index contributed by atoms with van der Waals surface area (Å²) in [6.07, 6.45) is 4.80. The first-order valence-electron chi connectivity index (χ1n) is 6.14. The van der Waals surface area contributed by atoms with Crippen LogP contribution < -0.4 is 0 Å². The van der Waals surface area contributed by atoms with Gasteiger partial charge in [0.05, 0.1) is 0 Å². The summed E-state index contributed by atoms with van der Waals surface area (Å²) in [4.78, 5) is 0. The zero-order chi connectivity index (χ0) is 13.6. The Morgan fingerprint density at radius 1 is 1.33 bits per heavy atom. The van der Waals surface area contributed by atoms with Crippen molar-refractivity contribution >= 4 is 10.2 Å². The highest BCUT2D eigenvalue weighted by atomic mass is 32.2. The van der Waals surface area contributed by atoms with Crippen molar-refractivity contribution in [3.63, 3.8) is 0 Å². The molecule has 0 aromatic heterocycles. The Labute approximate surface area is 110 Å². The standard InChI is InChI=1S/C12H22N2O3S/c1-3-7-13(8-4-2)18(16,17)14-9-5-6-12(10-14)11-15/h3-4,12,15H,1-2,5-11H2. The second-order valence-corrected chi connectivity index (χ2v) is 6.38. The summed E-state index contributed by atoms with van der Waals surface area (Å²) < 4.78 is 27.6. The Balaban J connectivity index is 2.82. The van der Waals surface area contributed by atoms with Gasteiger partial charge in [0, 0.05) is 32.8 Å². The van der Waals surface area contributed by atoms with Gasteiger partial charge in [-0.05, 0) is 18.8 Å². The maximum Gasteiger partial charge on any atom is 0.282 e. The Morgan fingerprint density at radius 3 is 2.44 bits per heavy atom. The third kappa shape index (κ3) is 3.65. The van der Waals surface area contributed by atoms with Crippen molar-refractivity contribution in [1.82, 2.24) is 8.61 Å². The highest BCUT2D eigenvalue weighted by molar-refractivity contribution is 7.86. The molecule has 1 rings (SSSR count). The van der Waals surface area contributed by atoms with Crippen LogP contribution in [-0.2, 0) is 10.2 Å². The van der Waals surface area contributed by atoms with E-state index in [0.717, 1.165) is 12.8 Å². The number of rotatable bonds is 7. The van der Waals surface area contributed by atoms with Crippen LogP contribution in [0.4, 0.5) is 0 Å². The first-order chi connectivity index (χ1) is 8.56. The van der Waals surface area contributed by atoms with E-state index in [-0.39, 0.29) is 25.6 Å². The third-order valence-electron chi connectivity index (χ3n) is 3.06. The molecule has 1 heterocycles. The molecular formula is C12H22N2O3S. The van der Waals surface area contributed by atoms with Crippen molar-refractivity contribution in [2.45, 2.75) is 12.8 Å². The second kappa shape index (κ2) is 7.04. The fourth-order valence-corrected chi connectivity index (χ4v) is 3.77. The zero-order valence-corrected chi connectivity index (χ0v) is 11.5. The van der Waals surface area contributed by atoms with Gasteiger partial charge < -0.3 is 5.11 Å². The lowest BCUT2D eigenvalue weighted by Crippen LogP contribution is -2.48. The van der Waals surface area contributed by atoms with Crippen LogP contribution in [-0.4, -0.2) is 54.9 Å². The minimum Gasteiger partial charge on any atom is -0.396 e. The van der Waals surface area contributed by atoms with Gasteiger partial charge in [0.25, 0.3) is 10.2 Å². The van der Waals surface area contributed by atoms with E-state index in [1.807, 2.05) is 0 Å². The third-order valence-corrected chi connectivity index (χ3v) is 4.99. The van der Waals surface area contributed by atoms with Crippen LogP contribution in [0.2, 0.25) is 0 Å². The molecular weight excluding hydrogens is 252 g/mol. The van der Waals surface area contributed by atoms with Crippen molar-refractivity contribution in [2.75, 3.05) is 32.8 Å². The van der Waals surface area contributed by atoms with E-state index in [2.05, 4.69) is 13.2 Å². The summed E-state index contributed by atoms with van der Waals surface area (Å²) in [7, 11) is -3.48. The summed E-state index contributed by atoms with van der Waals surface area (Å²) in [5, 5.41) is 9.15. The Bertz CT molecular complexity index is 371. The molecule has 1 unspecified atom stereocenters. The lowest BCUT2D eigenvalue weighted by atomic mass is 10.0. The van der Waals surface area contributed by atoms with Crippen LogP contribution in [0.1, 0.15) is 12.8 Å². The predicted octanol–water partition coefficient (Wildman–Crippen LogP) is 0.609. The van der Waals surface area contributed by atoms with Gasteiger partial charge in [-0.3, -0.25) is 0 Å². The molecule has 104 valence electrons. The molecule has 0 amide bonds. The summed E-state index contributed by atoms with van der Waals surface area (Å²) in [6, 6.07) is 0. The van der Waals surface area contributed by atoms with Gasteiger partial charge in [-0.15, -0.1) is 13.2 Å². The van der Waals surface area contributed by atoms with E-state index in [9.17, 15) is 8.42 Å². The quantitative estimate of drug-likeness (QED) is 0.692. The normalized spacial score (nSPS) is 22.0. The minimum atomic E-state index is -3.48. The van der Waals surface area contributed by atoms with Crippen molar-refractivity contribution in [2.24, 2.45) is 5.92 Å². The largest absolute Gasteiger partial charge is 0.396 e. The highest BCUT2D eigenvalue weighted by Gasteiger charge is 2.32. The first-order valence-corrected chi connectivity index (χ1v) is 7.53. The van der Waals surface area contributed by atoms with E-state index in [1.165, 1.54) is 8.61 Å². The van der Waals surface area contributed by atoms with Gasteiger partial charge in [0.2, 0.25) is 0 Å². The lowest BCUT2D eigenvalue weighted by molar-refractivity contribution is 0.161. The molecule has 1 aliphatic rings.